The Bertz CT molecular complexity index is 1100. The Morgan fingerprint density at radius 1 is 1.16 bits per heavy atom. The number of benzene rings is 1. The summed E-state index contributed by atoms with van der Waals surface area (Å²) in [5.41, 5.74) is 4.17. The van der Waals surface area contributed by atoms with Crippen molar-refractivity contribution in [1.29, 1.82) is 0 Å². The molecule has 2 amide bonds. The van der Waals surface area contributed by atoms with E-state index >= 15 is 0 Å². The van der Waals surface area contributed by atoms with Gasteiger partial charge < -0.3 is 9.80 Å². The van der Waals surface area contributed by atoms with Gasteiger partial charge >= 0.3 is 6.03 Å². The second kappa shape index (κ2) is 8.00. The van der Waals surface area contributed by atoms with Crippen molar-refractivity contribution in [2.24, 2.45) is 0 Å². The predicted molar refractivity (Wildman–Crippen MR) is 123 cm³/mol. The first-order valence-electron chi connectivity index (χ1n) is 10.6. The van der Waals surface area contributed by atoms with Crippen LogP contribution in [0.3, 0.4) is 0 Å². The number of anilines is 3. The summed E-state index contributed by atoms with van der Waals surface area (Å²) in [6.07, 6.45) is 2.60. The van der Waals surface area contributed by atoms with E-state index in [1.165, 1.54) is 5.56 Å². The van der Waals surface area contributed by atoms with E-state index in [0.717, 1.165) is 48.8 Å². The van der Waals surface area contributed by atoms with Crippen LogP contribution in [0.4, 0.5) is 22.1 Å². The highest BCUT2D eigenvalue weighted by atomic mass is 16.2. The molecule has 0 unspecified atom stereocenters. The minimum absolute atomic E-state index is 0.110. The molecule has 1 saturated heterocycles. The molecule has 2 aromatic heterocycles. The number of fused-ring (bicyclic) bond motifs is 4. The molecule has 1 atom stereocenters. The third-order valence-electron chi connectivity index (χ3n) is 5.79. The maximum absolute atomic E-state index is 13.3. The van der Waals surface area contributed by atoms with Crippen LogP contribution in [0.5, 0.6) is 0 Å². The van der Waals surface area contributed by atoms with Gasteiger partial charge in [0, 0.05) is 31.4 Å². The van der Waals surface area contributed by atoms with Crippen LogP contribution in [0.15, 0.2) is 60.8 Å². The van der Waals surface area contributed by atoms with Crippen LogP contribution < -0.4 is 15.1 Å². The van der Waals surface area contributed by atoms with Gasteiger partial charge in [0.2, 0.25) is 0 Å². The molecule has 4 heterocycles. The van der Waals surface area contributed by atoms with Crippen LogP contribution in [0.25, 0.3) is 11.3 Å². The number of pyridine rings is 2. The third-order valence-corrected chi connectivity index (χ3v) is 5.79. The Morgan fingerprint density at radius 3 is 2.87 bits per heavy atom. The largest absolute Gasteiger partial charge is 0.366 e. The highest BCUT2D eigenvalue weighted by Crippen LogP contribution is 2.40. The highest BCUT2D eigenvalue weighted by Gasteiger charge is 2.40. The van der Waals surface area contributed by atoms with Gasteiger partial charge in [-0.1, -0.05) is 24.3 Å². The molecule has 5 rings (SSSR count). The minimum atomic E-state index is -0.183. The molecule has 2 aliphatic heterocycles. The number of hydrogen-bond acceptors (Lipinski definition) is 5. The standard InChI is InChI=1S/C24H26N6O/c1-28(2)15-17-6-5-7-18(14-17)20-9-10-21-23(26-20)30(19-11-13-29(21)16-19)24(31)27-22-8-3-4-12-25-22/h3-10,12,14,19H,11,13,15-16H2,1-2H3,(H,25,27,31)/t19-/m0/s1. The first-order chi connectivity index (χ1) is 15.1. The van der Waals surface area contributed by atoms with Crippen LogP contribution in [0, 0.1) is 0 Å². The molecule has 158 valence electrons. The van der Waals surface area contributed by atoms with Gasteiger partial charge in [-0.15, -0.1) is 0 Å². The van der Waals surface area contributed by atoms with E-state index < -0.39 is 0 Å². The fourth-order valence-electron chi connectivity index (χ4n) is 4.43. The lowest BCUT2D eigenvalue weighted by Crippen LogP contribution is -2.48. The van der Waals surface area contributed by atoms with Crippen molar-refractivity contribution in [2.75, 3.05) is 42.3 Å². The van der Waals surface area contributed by atoms with E-state index in [4.69, 9.17) is 4.98 Å². The lowest BCUT2D eigenvalue weighted by atomic mass is 10.1. The van der Waals surface area contributed by atoms with Gasteiger partial charge in [0.05, 0.1) is 17.4 Å². The maximum atomic E-state index is 13.3. The van der Waals surface area contributed by atoms with Gasteiger partial charge in [0.25, 0.3) is 0 Å². The Hall–Kier alpha value is -3.45. The molecule has 31 heavy (non-hydrogen) atoms. The Balaban J connectivity index is 1.50. The number of urea groups is 1. The summed E-state index contributed by atoms with van der Waals surface area (Å²) < 4.78 is 0. The monoisotopic (exact) mass is 414 g/mol. The smallest absolute Gasteiger partial charge is 0.329 e. The van der Waals surface area contributed by atoms with Gasteiger partial charge in [-0.05, 0) is 56.4 Å². The van der Waals surface area contributed by atoms with E-state index in [2.05, 4.69) is 70.6 Å². The zero-order valence-corrected chi connectivity index (χ0v) is 17.8. The van der Waals surface area contributed by atoms with Crippen molar-refractivity contribution in [3.8, 4) is 11.3 Å². The Labute approximate surface area is 182 Å². The van der Waals surface area contributed by atoms with Crippen molar-refractivity contribution < 1.29 is 4.79 Å². The molecule has 1 fully saturated rings. The lowest BCUT2D eigenvalue weighted by Gasteiger charge is -2.35. The normalized spacial score (nSPS) is 17.1. The van der Waals surface area contributed by atoms with Gasteiger partial charge in [-0.3, -0.25) is 10.2 Å². The van der Waals surface area contributed by atoms with E-state index in [1.807, 2.05) is 17.0 Å². The summed E-state index contributed by atoms with van der Waals surface area (Å²) in [6.45, 7) is 2.64. The highest BCUT2D eigenvalue weighted by molar-refractivity contribution is 6.04. The quantitative estimate of drug-likeness (QED) is 0.703. The van der Waals surface area contributed by atoms with Crippen LogP contribution >= 0.6 is 0 Å². The molecule has 1 N–H and O–H groups in total. The van der Waals surface area contributed by atoms with Crippen LogP contribution in [0.2, 0.25) is 0 Å². The molecule has 2 bridgehead atoms. The molecule has 0 aliphatic carbocycles. The summed E-state index contributed by atoms with van der Waals surface area (Å²) in [7, 11) is 4.12. The van der Waals surface area contributed by atoms with Crippen molar-refractivity contribution in [3.05, 3.63) is 66.4 Å². The number of nitrogens with one attached hydrogen (secondary N) is 1. The van der Waals surface area contributed by atoms with Crippen molar-refractivity contribution in [3.63, 3.8) is 0 Å². The van der Waals surface area contributed by atoms with E-state index in [-0.39, 0.29) is 12.1 Å². The number of hydrogen-bond donors (Lipinski definition) is 1. The van der Waals surface area contributed by atoms with Gasteiger partial charge in [0.1, 0.15) is 5.82 Å². The molecule has 0 saturated carbocycles. The SMILES string of the molecule is CN(C)Cc1cccc(-c2ccc3c(n2)N(C(=O)Nc2ccccn2)[C@H]2CCN3C2)c1. The molecular formula is C24H26N6O. The van der Waals surface area contributed by atoms with E-state index in [1.54, 1.807) is 12.3 Å². The molecule has 1 aromatic carbocycles. The first-order valence-corrected chi connectivity index (χ1v) is 10.6. The van der Waals surface area contributed by atoms with Crippen LogP contribution in [0.1, 0.15) is 12.0 Å². The van der Waals surface area contributed by atoms with Gasteiger partial charge in [-0.25, -0.2) is 14.8 Å². The summed E-state index contributed by atoms with van der Waals surface area (Å²) in [4.78, 5) is 28.8. The summed E-state index contributed by atoms with van der Waals surface area (Å²) in [6, 6.07) is 18.0. The lowest BCUT2D eigenvalue weighted by molar-refractivity contribution is 0.254. The van der Waals surface area contributed by atoms with Crippen molar-refractivity contribution >= 4 is 23.4 Å². The summed E-state index contributed by atoms with van der Waals surface area (Å²) in [5.74, 6) is 1.26. The van der Waals surface area contributed by atoms with Crippen molar-refractivity contribution in [1.82, 2.24) is 14.9 Å². The molecule has 7 nitrogen and oxygen atoms in total. The molecule has 7 heteroatoms. The zero-order valence-electron chi connectivity index (χ0n) is 17.8. The summed E-state index contributed by atoms with van der Waals surface area (Å²) >= 11 is 0. The molecule has 0 radical (unpaired) electrons. The van der Waals surface area contributed by atoms with Crippen LogP contribution in [-0.2, 0) is 6.54 Å². The van der Waals surface area contributed by atoms with Crippen LogP contribution in [-0.4, -0.2) is 54.1 Å². The molecule has 3 aromatic rings. The fraction of sp³-hybridized carbons (Fsp3) is 0.292. The Morgan fingerprint density at radius 2 is 2.06 bits per heavy atom. The molecular weight excluding hydrogens is 388 g/mol. The zero-order chi connectivity index (χ0) is 21.4. The number of carbonyl (C=O) groups is 1. The topological polar surface area (TPSA) is 64.6 Å². The second-order valence-electron chi connectivity index (χ2n) is 8.38. The van der Waals surface area contributed by atoms with Gasteiger partial charge in [0.15, 0.2) is 5.82 Å². The fourth-order valence-corrected chi connectivity index (χ4v) is 4.43. The number of amides is 2. The average Bonchev–Trinajstić information content (AvgIpc) is 3.18. The molecule has 2 aliphatic rings. The Kier molecular flexibility index (Phi) is 5.03. The number of rotatable bonds is 4. The number of carbonyl (C=O) groups excluding carboxylic acids is 1. The van der Waals surface area contributed by atoms with E-state index in [9.17, 15) is 4.79 Å². The van der Waals surface area contributed by atoms with Crippen molar-refractivity contribution in [2.45, 2.75) is 19.0 Å². The van der Waals surface area contributed by atoms with Gasteiger partial charge in [-0.2, -0.15) is 0 Å². The summed E-state index contributed by atoms with van der Waals surface area (Å²) in [5, 5.41) is 2.94. The second-order valence-corrected chi connectivity index (χ2v) is 8.38. The average molecular weight is 415 g/mol. The maximum Gasteiger partial charge on any atom is 0.329 e. The number of nitrogens with zero attached hydrogens (tertiary/aromatic N) is 5. The van der Waals surface area contributed by atoms with E-state index in [0.29, 0.717) is 5.82 Å². The minimum Gasteiger partial charge on any atom is -0.366 e. The first kappa shape index (κ1) is 19.5. The third kappa shape index (κ3) is 3.84. The number of aromatic nitrogens is 2. The molecule has 0 spiro atoms. The predicted octanol–water partition coefficient (Wildman–Crippen LogP) is 3.84.